The second-order valence-electron chi connectivity index (χ2n) is 5.98. The molecule has 0 aliphatic carbocycles. The Balaban J connectivity index is 2.23. The van der Waals surface area contributed by atoms with Gasteiger partial charge in [-0.15, -0.1) is 0 Å². The van der Waals surface area contributed by atoms with Crippen molar-refractivity contribution in [2.75, 3.05) is 5.06 Å². The Morgan fingerprint density at radius 2 is 1.61 bits per heavy atom. The molecule has 6 heteroatoms. The average molecular weight is 314 g/mol. The van der Waals surface area contributed by atoms with Crippen LogP contribution in [-0.4, -0.2) is 16.4 Å². The molecule has 0 amide bonds. The molecule has 0 bridgehead atoms. The summed E-state index contributed by atoms with van der Waals surface area (Å²) in [5, 5.41) is 12.2. The number of para-hydroxylation sites is 1. The van der Waals surface area contributed by atoms with Crippen LogP contribution in [-0.2, 0) is 4.84 Å². The van der Waals surface area contributed by atoms with E-state index in [0.717, 1.165) is 5.69 Å². The summed E-state index contributed by atoms with van der Waals surface area (Å²) in [5.41, 5.74) is 0.478. The maximum absolute atomic E-state index is 12.3. The number of nitrogens with zero attached hydrogens (tertiary/aromatic N) is 2. The van der Waals surface area contributed by atoms with E-state index >= 15 is 0 Å². The summed E-state index contributed by atoms with van der Waals surface area (Å²) in [7, 11) is 0. The zero-order valence-corrected chi connectivity index (χ0v) is 13.2. The van der Waals surface area contributed by atoms with Gasteiger partial charge < -0.3 is 4.84 Å². The molecule has 0 N–H and O–H groups in total. The molecule has 6 nitrogen and oxygen atoms in total. The van der Waals surface area contributed by atoms with E-state index in [4.69, 9.17) is 4.84 Å². The number of non-ortho nitro benzene ring substituents is 1. The van der Waals surface area contributed by atoms with E-state index in [-0.39, 0.29) is 11.3 Å². The van der Waals surface area contributed by atoms with Crippen molar-refractivity contribution in [3.63, 3.8) is 0 Å². The number of anilines is 1. The predicted molar refractivity (Wildman–Crippen MR) is 87.2 cm³/mol. The fraction of sp³-hybridized carbons (Fsp3) is 0.235. The quantitative estimate of drug-likeness (QED) is 0.630. The molecule has 2 aromatic carbocycles. The van der Waals surface area contributed by atoms with Gasteiger partial charge in [0.1, 0.15) is 0 Å². The molecule has 0 spiro atoms. The van der Waals surface area contributed by atoms with Crippen LogP contribution >= 0.6 is 0 Å². The van der Waals surface area contributed by atoms with E-state index in [1.54, 1.807) is 0 Å². The molecule has 23 heavy (non-hydrogen) atoms. The van der Waals surface area contributed by atoms with Gasteiger partial charge >= 0.3 is 5.97 Å². The van der Waals surface area contributed by atoms with Crippen molar-refractivity contribution in [3.05, 3.63) is 70.3 Å². The highest BCUT2D eigenvalue weighted by Crippen LogP contribution is 2.25. The van der Waals surface area contributed by atoms with Crippen LogP contribution in [0.2, 0.25) is 0 Å². The van der Waals surface area contributed by atoms with Gasteiger partial charge in [-0.05, 0) is 45.0 Å². The van der Waals surface area contributed by atoms with Crippen LogP contribution in [0.15, 0.2) is 54.6 Å². The molecule has 0 unspecified atom stereocenters. The number of hydrogen-bond donors (Lipinski definition) is 0. The molecule has 0 aromatic heterocycles. The third kappa shape index (κ3) is 4.06. The lowest BCUT2D eigenvalue weighted by molar-refractivity contribution is -0.384. The number of carbonyl (C=O) groups excluding carboxylic acids is 1. The van der Waals surface area contributed by atoms with E-state index in [9.17, 15) is 14.9 Å². The highest BCUT2D eigenvalue weighted by atomic mass is 16.7. The van der Waals surface area contributed by atoms with Gasteiger partial charge in [0.2, 0.25) is 0 Å². The Morgan fingerprint density at radius 1 is 1.04 bits per heavy atom. The van der Waals surface area contributed by atoms with Gasteiger partial charge in [0, 0.05) is 12.1 Å². The first-order valence-corrected chi connectivity index (χ1v) is 7.11. The van der Waals surface area contributed by atoms with Gasteiger partial charge in [0.05, 0.1) is 21.7 Å². The highest BCUT2D eigenvalue weighted by molar-refractivity contribution is 5.90. The maximum atomic E-state index is 12.3. The van der Waals surface area contributed by atoms with Crippen molar-refractivity contribution >= 4 is 17.3 Å². The van der Waals surface area contributed by atoms with E-state index < -0.39 is 16.4 Å². The van der Waals surface area contributed by atoms with Crippen LogP contribution in [0.3, 0.4) is 0 Å². The molecule has 0 heterocycles. The number of carbonyl (C=O) groups is 1. The molecule has 2 rings (SSSR count). The van der Waals surface area contributed by atoms with E-state index in [0.29, 0.717) is 0 Å². The molecule has 120 valence electrons. The van der Waals surface area contributed by atoms with Gasteiger partial charge in [0.15, 0.2) is 0 Å². The normalized spacial score (nSPS) is 10.9. The first-order chi connectivity index (χ1) is 10.8. The number of rotatable bonds is 4. The summed E-state index contributed by atoms with van der Waals surface area (Å²) >= 11 is 0. The number of hydrogen-bond acceptors (Lipinski definition) is 5. The number of hydroxylamine groups is 1. The van der Waals surface area contributed by atoms with Crippen molar-refractivity contribution in [2.24, 2.45) is 0 Å². The van der Waals surface area contributed by atoms with Crippen molar-refractivity contribution in [2.45, 2.75) is 26.3 Å². The lowest BCUT2D eigenvalue weighted by atomic mass is 10.1. The summed E-state index contributed by atoms with van der Waals surface area (Å²) < 4.78 is 0. The molecule has 0 radical (unpaired) electrons. The van der Waals surface area contributed by atoms with E-state index in [2.05, 4.69) is 0 Å². The molecule has 0 saturated heterocycles. The SMILES string of the molecule is CC(C)(C)N(OC(=O)c1ccc([N+](=O)[O-])cc1)c1ccccc1. The van der Waals surface area contributed by atoms with Gasteiger partial charge in [-0.1, -0.05) is 18.2 Å². The smallest absolute Gasteiger partial charge is 0.335 e. The largest absolute Gasteiger partial charge is 0.363 e. The standard InChI is InChI=1S/C17H18N2O4/c1-17(2,3)18(14-7-5-4-6-8-14)23-16(20)13-9-11-15(12-10-13)19(21)22/h4-12H,1-3H3. The van der Waals surface area contributed by atoms with Crippen LogP contribution in [0.25, 0.3) is 0 Å². The van der Waals surface area contributed by atoms with Gasteiger partial charge in [-0.2, -0.15) is 0 Å². The van der Waals surface area contributed by atoms with Crippen LogP contribution in [0.1, 0.15) is 31.1 Å². The minimum Gasteiger partial charge on any atom is -0.335 e. The van der Waals surface area contributed by atoms with Crippen LogP contribution in [0.4, 0.5) is 11.4 Å². The zero-order valence-electron chi connectivity index (χ0n) is 13.2. The third-order valence-corrected chi connectivity index (χ3v) is 3.09. The molecule has 2 aromatic rings. The monoisotopic (exact) mass is 314 g/mol. The van der Waals surface area contributed by atoms with Gasteiger partial charge in [-0.3, -0.25) is 10.1 Å². The van der Waals surface area contributed by atoms with Crippen LogP contribution < -0.4 is 5.06 Å². The summed E-state index contributed by atoms with van der Waals surface area (Å²) in [4.78, 5) is 28.0. The Kier molecular flexibility index (Phi) is 4.64. The average Bonchev–Trinajstić information content (AvgIpc) is 2.52. The van der Waals surface area contributed by atoms with Crippen molar-refractivity contribution in [1.82, 2.24) is 0 Å². The number of nitro benzene ring substituents is 1. The summed E-state index contributed by atoms with van der Waals surface area (Å²) in [6, 6.07) is 14.6. The van der Waals surface area contributed by atoms with Crippen molar-refractivity contribution < 1.29 is 14.6 Å². The van der Waals surface area contributed by atoms with Crippen molar-refractivity contribution in [1.29, 1.82) is 0 Å². The second kappa shape index (κ2) is 6.48. The molecular formula is C17H18N2O4. The molecule has 0 aliphatic heterocycles. The lowest BCUT2D eigenvalue weighted by Crippen LogP contribution is -2.43. The van der Waals surface area contributed by atoms with Crippen LogP contribution in [0, 0.1) is 10.1 Å². The Morgan fingerprint density at radius 3 is 2.09 bits per heavy atom. The molecule has 0 aliphatic rings. The summed E-state index contributed by atoms with van der Waals surface area (Å²) in [6.07, 6.45) is 0. The maximum Gasteiger partial charge on any atom is 0.363 e. The van der Waals surface area contributed by atoms with Crippen LogP contribution in [0.5, 0.6) is 0 Å². The highest BCUT2D eigenvalue weighted by Gasteiger charge is 2.26. The topological polar surface area (TPSA) is 72.7 Å². The summed E-state index contributed by atoms with van der Waals surface area (Å²) in [6.45, 7) is 5.76. The number of benzene rings is 2. The minimum absolute atomic E-state index is 0.0720. The first-order valence-electron chi connectivity index (χ1n) is 7.11. The van der Waals surface area contributed by atoms with Crippen molar-refractivity contribution in [3.8, 4) is 0 Å². The fourth-order valence-electron chi connectivity index (χ4n) is 2.00. The Labute approximate surface area is 134 Å². The molecular weight excluding hydrogens is 296 g/mol. The third-order valence-electron chi connectivity index (χ3n) is 3.09. The zero-order chi connectivity index (χ0) is 17.0. The minimum atomic E-state index is -0.571. The van der Waals surface area contributed by atoms with E-state index in [1.165, 1.54) is 29.3 Å². The van der Waals surface area contributed by atoms with E-state index in [1.807, 2.05) is 51.1 Å². The fourth-order valence-corrected chi connectivity index (χ4v) is 2.00. The van der Waals surface area contributed by atoms with Gasteiger partial charge in [-0.25, -0.2) is 9.86 Å². The first kappa shape index (κ1) is 16.5. The van der Waals surface area contributed by atoms with Gasteiger partial charge in [0.25, 0.3) is 5.69 Å². The summed E-state index contributed by atoms with van der Waals surface area (Å²) in [5.74, 6) is -0.571. The molecule has 0 saturated carbocycles. The lowest BCUT2D eigenvalue weighted by Gasteiger charge is -2.35. The second-order valence-corrected chi connectivity index (χ2v) is 5.98. The Hall–Kier alpha value is -2.89. The molecule has 0 atom stereocenters. The predicted octanol–water partition coefficient (Wildman–Crippen LogP) is 3.97. The number of nitro groups is 1. The Bertz CT molecular complexity index is 691. The molecule has 0 fully saturated rings.